The molecule has 0 amide bonds. The van der Waals surface area contributed by atoms with Crippen LogP contribution in [0.25, 0.3) is 126 Å². The van der Waals surface area contributed by atoms with Crippen molar-refractivity contribution in [2.24, 2.45) is 0 Å². The molecule has 0 radical (unpaired) electrons. The van der Waals surface area contributed by atoms with Crippen LogP contribution < -0.4 is 0 Å². The zero-order chi connectivity index (χ0) is 38.5. The second-order valence-electron chi connectivity index (χ2n) is 16.1. The molecule has 0 bridgehead atoms. The van der Waals surface area contributed by atoms with Crippen LogP contribution in [0, 0.1) is 0 Å². The molecule has 0 aliphatic rings. The van der Waals surface area contributed by atoms with E-state index >= 15 is 0 Å². The van der Waals surface area contributed by atoms with Gasteiger partial charge in [-0.2, -0.15) is 0 Å². The van der Waals surface area contributed by atoms with Crippen LogP contribution in [0.4, 0.5) is 0 Å². The highest BCUT2D eigenvalue weighted by Crippen LogP contribution is 2.49. The number of fused-ring (bicyclic) bond motifs is 18. The van der Waals surface area contributed by atoms with Gasteiger partial charge in [0.25, 0.3) is 0 Å². The van der Waals surface area contributed by atoms with E-state index in [4.69, 9.17) is 4.98 Å². The molecule has 0 saturated carbocycles. The number of hydrogen-bond donors (Lipinski definition) is 0. The van der Waals surface area contributed by atoms with Gasteiger partial charge in [0.05, 0.1) is 49.8 Å². The molecule has 5 heterocycles. The Morgan fingerprint density at radius 1 is 0.390 bits per heavy atom. The van der Waals surface area contributed by atoms with Gasteiger partial charge in [0.15, 0.2) is 0 Å². The van der Waals surface area contributed by atoms with Gasteiger partial charge in [-0.25, -0.2) is 4.98 Å². The van der Waals surface area contributed by atoms with Crippen molar-refractivity contribution >= 4 is 114 Å². The molecule has 14 aromatic rings. The second-order valence-corrected chi connectivity index (χ2v) is 16.1. The molecule has 14 rings (SSSR count). The maximum Gasteiger partial charge on any atom is 0.143 e. The van der Waals surface area contributed by atoms with Crippen molar-refractivity contribution in [3.8, 4) is 11.5 Å². The molecule has 0 fully saturated rings. The number of benzene rings is 9. The van der Waals surface area contributed by atoms with Gasteiger partial charge in [-0.05, 0) is 70.4 Å². The first-order chi connectivity index (χ1) is 29.3. The molecular formula is C55H34N4. The smallest absolute Gasteiger partial charge is 0.143 e. The summed E-state index contributed by atoms with van der Waals surface area (Å²) in [6.07, 6.45) is 0.788. The SMILES string of the molecule is CCc1c(-n2c3ccccc3c3c4ccccc4ccc32)nc2ccccc2c1-n1c2ccc3ccccc3c2c2c3c4ccccc4n4c5ccccc5c(cc21)c34. The highest BCUT2D eigenvalue weighted by atomic mass is 15.1. The lowest BCUT2D eigenvalue weighted by Crippen LogP contribution is -2.09. The van der Waals surface area contributed by atoms with Crippen molar-refractivity contribution in [2.45, 2.75) is 13.3 Å². The molecule has 0 aliphatic heterocycles. The lowest BCUT2D eigenvalue weighted by molar-refractivity contribution is 0.992. The first kappa shape index (κ1) is 31.4. The maximum atomic E-state index is 5.65. The summed E-state index contributed by atoms with van der Waals surface area (Å²) in [5.74, 6) is 0.978. The van der Waals surface area contributed by atoms with E-state index in [1.807, 2.05) is 0 Å². The van der Waals surface area contributed by atoms with Crippen molar-refractivity contribution in [3.63, 3.8) is 0 Å². The van der Waals surface area contributed by atoms with Gasteiger partial charge in [-0.1, -0.05) is 140 Å². The first-order valence-electron chi connectivity index (χ1n) is 20.6. The molecular weight excluding hydrogens is 717 g/mol. The van der Waals surface area contributed by atoms with Gasteiger partial charge in [0, 0.05) is 54.0 Å². The number of nitrogens with zero attached hydrogens (tertiary/aromatic N) is 4. The van der Waals surface area contributed by atoms with E-state index in [0.29, 0.717) is 0 Å². The van der Waals surface area contributed by atoms with Gasteiger partial charge in [-0.15, -0.1) is 0 Å². The third kappa shape index (κ3) is 3.86. The largest absolute Gasteiger partial charge is 0.308 e. The minimum atomic E-state index is 0.788. The fourth-order valence-corrected chi connectivity index (χ4v) is 11.0. The third-order valence-electron chi connectivity index (χ3n) is 13.3. The summed E-state index contributed by atoms with van der Waals surface area (Å²) in [7, 11) is 0. The molecule has 9 aromatic carbocycles. The fourth-order valence-electron chi connectivity index (χ4n) is 11.0. The van der Waals surface area contributed by atoms with E-state index in [0.717, 1.165) is 28.7 Å². The summed E-state index contributed by atoms with van der Waals surface area (Å²) in [6, 6.07) is 64.9. The lowest BCUT2D eigenvalue weighted by atomic mass is 9.99. The molecule has 0 atom stereocenters. The molecule has 0 saturated heterocycles. The second kappa shape index (κ2) is 11.2. The summed E-state index contributed by atoms with van der Waals surface area (Å²) >= 11 is 0. The zero-order valence-electron chi connectivity index (χ0n) is 32.2. The fraction of sp³-hybridized carbons (Fsp3) is 0.0364. The van der Waals surface area contributed by atoms with Crippen molar-refractivity contribution in [3.05, 3.63) is 181 Å². The Labute approximate surface area is 337 Å². The molecule has 0 N–H and O–H groups in total. The Hall–Kier alpha value is -7.69. The molecule has 4 heteroatoms. The average molecular weight is 751 g/mol. The molecule has 5 aromatic heterocycles. The Balaban J connectivity index is 1.24. The first-order valence-corrected chi connectivity index (χ1v) is 20.6. The Kier molecular flexibility index (Phi) is 5.98. The minimum Gasteiger partial charge on any atom is -0.308 e. The van der Waals surface area contributed by atoms with E-state index in [9.17, 15) is 0 Å². The molecule has 59 heavy (non-hydrogen) atoms. The van der Waals surface area contributed by atoms with Crippen LogP contribution >= 0.6 is 0 Å². The highest BCUT2D eigenvalue weighted by Gasteiger charge is 2.28. The van der Waals surface area contributed by atoms with Crippen LogP contribution in [0.15, 0.2) is 176 Å². The summed E-state index contributed by atoms with van der Waals surface area (Å²) in [6.45, 7) is 2.30. The summed E-state index contributed by atoms with van der Waals surface area (Å²) in [5, 5.41) is 16.4. The van der Waals surface area contributed by atoms with E-state index < -0.39 is 0 Å². The van der Waals surface area contributed by atoms with Crippen molar-refractivity contribution in [2.75, 3.05) is 0 Å². The van der Waals surface area contributed by atoms with Crippen molar-refractivity contribution < 1.29 is 0 Å². The van der Waals surface area contributed by atoms with Gasteiger partial charge >= 0.3 is 0 Å². The standard InChI is InChI=1S/C55H34N4/c1-2-34-53(38-20-7-11-23-42(38)56-55(34)59-45-26-14-9-21-39(45)49-35-17-5-3-15-32(35)27-29-46(49)59)58-47-30-28-33-16-4-6-18-36(33)50(47)52-48(58)31-41-37-19-8-12-24-43(37)57-44-25-13-10-22-40(44)51(52)54(41)57/h3-31H,2H2,1H3. The van der Waals surface area contributed by atoms with Crippen LogP contribution in [0.1, 0.15) is 12.5 Å². The normalized spacial score (nSPS) is 12.6. The van der Waals surface area contributed by atoms with Crippen LogP contribution in [0.2, 0.25) is 0 Å². The summed E-state index contributed by atoms with van der Waals surface area (Å²) < 4.78 is 7.55. The predicted octanol–water partition coefficient (Wildman–Crippen LogP) is 14.4. The van der Waals surface area contributed by atoms with Crippen LogP contribution in [0.3, 0.4) is 0 Å². The average Bonchev–Trinajstić information content (AvgIpc) is 4.02. The third-order valence-corrected chi connectivity index (χ3v) is 13.3. The van der Waals surface area contributed by atoms with Crippen molar-refractivity contribution in [1.82, 2.24) is 18.5 Å². The van der Waals surface area contributed by atoms with E-state index in [-0.39, 0.29) is 0 Å². The van der Waals surface area contributed by atoms with Gasteiger partial charge in [0.2, 0.25) is 0 Å². The Morgan fingerprint density at radius 2 is 0.932 bits per heavy atom. The summed E-state index contributed by atoms with van der Waals surface area (Å²) in [5.41, 5.74) is 11.9. The number of para-hydroxylation sites is 4. The monoisotopic (exact) mass is 750 g/mol. The molecule has 0 spiro atoms. The minimum absolute atomic E-state index is 0.788. The number of hydrogen-bond acceptors (Lipinski definition) is 1. The van der Waals surface area contributed by atoms with Crippen LogP contribution in [-0.2, 0) is 6.42 Å². The number of pyridine rings is 1. The van der Waals surface area contributed by atoms with Crippen LogP contribution in [0.5, 0.6) is 0 Å². The quantitative estimate of drug-likeness (QED) is 0.177. The van der Waals surface area contributed by atoms with Crippen LogP contribution in [-0.4, -0.2) is 18.5 Å². The topological polar surface area (TPSA) is 27.2 Å². The molecule has 274 valence electrons. The van der Waals surface area contributed by atoms with Crippen molar-refractivity contribution in [1.29, 1.82) is 0 Å². The Bertz CT molecular complexity index is 4120. The highest BCUT2D eigenvalue weighted by molar-refractivity contribution is 6.38. The van der Waals surface area contributed by atoms with Gasteiger partial charge in [-0.3, -0.25) is 4.57 Å². The maximum absolute atomic E-state index is 5.65. The molecule has 4 nitrogen and oxygen atoms in total. The predicted molar refractivity (Wildman–Crippen MR) is 249 cm³/mol. The number of rotatable bonds is 3. The van der Waals surface area contributed by atoms with Gasteiger partial charge < -0.3 is 8.97 Å². The zero-order valence-corrected chi connectivity index (χ0v) is 32.2. The van der Waals surface area contributed by atoms with E-state index in [1.54, 1.807) is 0 Å². The van der Waals surface area contributed by atoms with E-state index in [2.05, 4.69) is 196 Å². The van der Waals surface area contributed by atoms with Gasteiger partial charge in [0.1, 0.15) is 5.82 Å². The summed E-state index contributed by atoms with van der Waals surface area (Å²) in [4.78, 5) is 5.65. The molecule has 0 unspecified atom stereocenters. The van der Waals surface area contributed by atoms with E-state index in [1.165, 1.54) is 109 Å². The molecule has 0 aliphatic carbocycles. The number of aromatic nitrogens is 4. The lowest BCUT2D eigenvalue weighted by Gasteiger charge is -2.21. The Morgan fingerprint density at radius 3 is 1.64 bits per heavy atom.